The molecule has 0 fully saturated rings. The monoisotopic (exact) mass is 385 g/mol. The molecular formula is C16H17Cl2NOSiTi. The summed E-state index contributed by atoms with van der Waals surface area (Å²) in [5.74, 6) is 0. The minimum absolute atomic E-state index is 0. The van der Waals surface area contributed by atoms with E-state index in [1.165, 1.54) is 21.5 Å². The zero-order chi connectivity index (χ0) is 14.1. The minimum atomic E-state index is 0. The van der Waals surface area contributed by atoms with E-state index in [0.29, 0.717) is 0 Å². The second-order valence-electron chi connectivity index (χ2n) is 3.94. The summed E-state index contributed by atoms with van der Waals surface area (Å²) in [6.45, 7) is 4.31. The van der Waals surface area contributed by atoms with E-state index < -0.39 is 0 Å². The predicted molar refractivity (Wildman–Crippen MR) is 84.9 cm³/mol. The summed E-state index contributed by atoms with van der Waals surface area (Å²) < 4.78 is 0. The van der Waals surface area contributed by atoms with Gasteiger partial charge in [-0.15, -0.1) is 39.7 Å². The summed E-state index contributed by atoms with van der Waals surface area (Å²) in [6, 6.07) is 19.3. The van der Waals surface area contributed by atoms with Crippen LogP contribution in [-0.4, -0.2) is 15.9 Å². The van der Waals surface area contributed by atoms with Gasteiger partial charge >= 0.3 is 21.7 Å². The molecule has 0 aliphatic carbocycles. The number of amides is 1. The molecule has 2 nitrogen and oxygen atoms in total. The largest absolute Gasteiger partial charge is 4.00 e. The van der Waals surface area contributed by atoms with Gasteiger partial charge in [0.1, 0.15) is 0 Å². The van der Waals surface area contributed by atoms with E-state index in [-0.39, 0.29) is 52.9 Å². The van der Waals surface area contributed by atoms with Gasteiger partial charge in [-0.3, -0.25) is 0 Å². The number of halogens is 2. The minimum Gasteiger partial charge on any atom is -1.00 e. The summed E-state index contributed by atoms with van der Waals surface area (Å²) in [7, 11) is 1.08. The summed E-state index contributed by atoms with van der Waals surface area (Å²) in [5.41, 5.74) is 5.53. The Morgan fingerprint density at radius 1 is 0.909 bits per heavy atom. The second-order valence-corrected chi connectivity index (χ2v) is 4.94. The van der Waals surface area contributed by atoms with Gasteiger partial charge in [0.15, 0.2) is 0 Å². The number of carbonyl (C=O) groups is 1. The normalized spacial score (nSPS) is 7.91. The number of fused-ring (bicyclic) bond motifs is 3. The molecular weight excluding hydrogens is 369 g/mol. The van der Waals surface area contributed by atoms with Crippen molar-refractivity contribution < 1.29 is 51.3 Å². The first kappa shape index (κ1) is 26.2. The maximum absolute atomic E-state index is 8.47. The average molecular weight is 386 g/mol. The molecule has 22 heavy (non-hydrogen) atoms. The zero-order valence-corrected chi connectivity index (χ0v) is 16.5. The van der Waals surface area contributed by atoms with Crippen LogP contribution >= 0.6 is 0 Å². The van der Waals surface area contributed by atoms with Gasteiger partial charge in [0.25, 0.3) is 0 Å². The zero-order valence-electron chi connectivity index (χ0n) is 12.4. The Bertz CT molecular complexity index is 596. The van der Waals surface area contributed by atoms with Crippen LogP contribution in [0.25, 0.3) is 27.3 Å². The Morgan fingerprint density at radius 3 is 1.50 bits per heavy atom. The van der Waals surface area contributed by atoms with Gasteiger partial charge in [0.2, 0.25) is 0 Å². The maximum Gasteiger partial charge on any atom is 4.00 e. The fourth-order valence-electron chi connectivity index (χ4n) is 1.90. The molecule has 0 saturated heterocycles. The number of hydrogen-bond donors (Lipinski definition) is 0. The summed E-state index contributed by atoms with van der Waals surface area (Å²) in [5, 5.41) is 5.39. The van der Waals surface area contributed by atoms with Crippen molar-refractivity contribution in [2.75, 3.05) is 0 Å². The Labute approximate surface area is 161 Å². The summed E-state index contributed by atoms with van der Waals surface area (Å²) in [6.07, 6.45) is 0. The van der Waals surface area contributed by atoms with Gasteiger partial charge in [0, 0.05) is 15.9 Å². The van der Waals surface area contributed by atoms with Gasteiger partial charge in [0.05, 0.1) is 0 Å². The molecule has 1 N–H and O–H groups in total. The van der Waals surface area contributed by atoms with E-state index in [0.717, 1.165) is 9.52 Å². The smallest absolute Gasteiger partial charge is 1.00 e. The molecule has 0 bridgehead atoms. The Kier molecular flexibility index (Phi) is 18.1. The molecule has 0 aliphatic rings. The van der Waals surface area contributed by atoms with Crippen molar-refractivity contribution >= 4 is 37.5 Å². The van der Waals surface area contributed by atoms with Crippen LogP contribution in [0, 0.1) is 0 Å². The van der Waals surface area contributed by atoms with Gasteiger partial charge in [-0.05, 0) is 0 Å². The molecule has 114 valence electrons. The molecule has 2 radical (unpaired) electrons. The van der Waals surface area contributed by atoms with E-state index in [4.69, 9.17) is 10.5 Å². The molecule has 0 heterocycles. The molecule has 0 saturated carbocycles. The van der Waals surface area contributed by atoms with Crippen molar-refractivity contribution in [1.82, 2.24) is 0 Å². The third-order valence-electron chi connectivity index (χ3n) is 2.52. The van der Waals surface area contributed by atoms with Crippen LogP contribution in [0.5, 0.6) is 0 Å². The third-order valence-corrected chi connectivity index (χ3v) is 2.52. The van der Waals surface area contributed by atoms with Crippen molar-refractivity contribution in [3.05, 3.63) is 60.3 Å². The SMILES string of the molecule is C[Si]C.[Cl-].[Cl-].[NH-]C=O.[Ti+4].c1ccc2c(c1)[cH-]c1ccccc12. The quantitative estimate of drug-likeness (QED) is 0.269. The second kappa shape index (κ2) is 15.2. The van der Waals surface area contributed by atoms with Crippen LogP contribution in [0.4, 0.5) is 0 Å². The standard InChI is InChI=1S/C13H9.C2H6Si.CH3NO.2ClH.Ti/c1-3-7-12-10(5-1)9-11-6-2-4-8-13(11)12;1-3-2;2-1-3;;;/h1-9H;1-2H3;1H,(H2,2,3);2*1H;/q-1;;;;;+4/p-3. The topological polar surface area (TPSA) is 40.9 Å². The number of carbonyl (C=O) groups excluding carboxylic acids is 1. The van der Waals surface area contributed by atoms with Crippen molar-refractivity contribution in [2.24, 2.45) is 0 Å². The van der Waals surface area contributed by atoms with Crippen molar-refractivity contribution in [1.29, 1.82) is 0 Å². The summed E-state index contributed by atoms with van der Waals surface area (Å²) in [4.78, 5) is 8.47. The van der Waals surface area contributed by atoms with Crippen molar-refractivity contribution in [3.63, 3.8) is 0 Å². The van der Waals surface area contributed by atoms with E-state index in [1.54, 1.807) is 0 Å². The molecule has 0 unspecified atom stereocenters. The van der Waals surface area contributed by atoms with Crippen LogP contribution in [-0.2, 0) is 26.5 Å². The first-order valence-corrected chi connectivity index (χ1v) is 8.01. The van der Waals surface area contributed by atoms with Gasteiger partial charge in [-0.2, -0.15) is 0 Å². The van der Waals surface area contributed by atoms with Crippen molar-refractivity contribution in [3.8, 4) is 0 Å². The number of nitrogens with one attached hydrogen (secondary N) is 1. The number of benzene rings is 2. The molecule has 1 amide bonds. The maximum atomic E-state index is 8.47. The van der Waals surface area contributed by atoms with E-state index in [1.807, 2.05) is 0 Å². The third kappa shape index (κ3) is 7.52. The van der Waals surface area contributed by atoms with Crippen LogP contribution in [0.1, 0.15) is 0 Å². The van der Waals surface area contributed by atoms with Crippen LogP contribution in [0.15, 0.2) is 54.6 Å². The molecule has 3 rings (SSSR count). The predicted octanol–water partition coefficient (Wildman–Crippen LogP) is -1.30. The van der Waals surface area contributed by atoms with Gasteiger partial charge in [-0.1, -0.05) is 49.5 Å². The fraction of sp³-hybridized carbons (Fsp3) is 0.125. The Hall–Kier alpha value is -0.709. The fourth-order valence-corrected chi connectivity index (χ4v) is 1.90. The molecule has 3 aromatic carbocycles. The first-order valence-electron chi connectivity index (χ1n) is 6.01. The molecule has 6 heteroatoms. The molecule has 0 spiro atoms. The van der Waals surface area contributed by atoms with E-state index in [9.17, 15) is 0 Å². The van der Waals surface area contributed by atoms with Crippen molar-refractivity contribution in [2.45, 2.75) is 13.1 Å². The Morgan fingerprint density at radius 2 is 1.18 bits per heavy atom. The molecule has 3 aromatic rings. The Balaban J connectivity index is -0.000000357. The number of rotatable bonds is 0. The summed E-state index contributed by atoms with van der Waals surface area (Å²) >= 11 is 0. The van der Waals surface area contributed by atoms with Crippen LogP contribution < -0.4 is 24.8 Å². The van der Waals surface area contributed by atoms with Gasteiger partial charge in [-0.25, -0.2) is 0 Å². The number of hydrogen-bond acceptors (Lipinski definition) is 1. The van der Waals surface area contributed by atoms with E-state index in [2.05, 4.69) is 67.7 Å². The van der Waals surface area contributed by atoms with Gasteiger partial charge < -0.3 is 35.3 Å². The first-order chi connectivity index (χ1) is 9.28. The van der Waals surface area contributed by atoms with E-state index >= 15 is 0 Å². The molecule has 0 atom stereocenters. The molecule has 0 aromatic heterocycles. The van der Waals surface area contributed by atoms with Crippen LogP contribution in [0.3, 0.4) is 0 Å². The average Bonchev–Trinajstić information content (AvgIpc) is 2.79. The molecule has 0 aliphatic heterocycles. The van der Waals surface area contributed by atoms with Crippen LogP contribution in [0.2, 0.25) is 13.1 Å².